The maximum absolute atomic E-state index is 11.3. The van der Waals surface area contributed by atoms with Gasteiger partial charge >= 0.3 is 6.16 Å². The molecule has 0 radical (unpaired) electrons. The van der Waals surface area contributed by atoms with Crippen molar-refractivity contribution >= 4 is 6.16 Å². The average Bonchev–Trinajstić information content (AvgIpc) is 2.81. The van der Waals surface area contributed by atoms with Crippen LogP contribution in [0.25, 0.3) is 0 Å². The predicted octanol–water partition coefficient (Wildman–Crippen LogP) is 2.35. The maximum atomic E-state index is 11.3. The number of carbonyl (C=O) groups is 1. The van der Waals surface area contributed by atoms with E-state index in [-0.39, 0.29) is 6.61 Å². The lowest BCUT2D eigenvalue weighted by Gasteiger charge is -2.13. The van der Waals surface area contributed by atoms with Crippen molar-refractivity contribution in [3.63, 3.8) is 0 Å². The fourth-order valence-electron chi connectivity index (χ4n) is 1.63. The van der Waals surface area contributed by atoms with Crippen molar-refractivity contribution in [1.82, 2.24) is 5.06 Å². The lowest BCUT2D eigenvalue weighted by atomic mass is 10.2. The number of nitrogens with zero attached hydrogens (tertiary/aromatic N) is 1. The van der Waals surface area contributed by atoms with Crippen LogP contribution in [0.4, 0.5) is 4.79 Å². The van der Waals surface area contributed by atoms with Crippen LogP contribution >= 0.6 is 0 Å². The molecule has 1 aromatic rings. The van der Waals surface area contributed by atoms with E-state index in [1.165, 1.54) is 0 Å². The Morgan fingerprint density at radius 2 is 1.88 bits per heavy atom. The molecule has 0 saturated carbocycles. The van der Waals surface area contributed by atoms with E-state index in [1.54, 1.807) is 5.06 Å². The zero-order chi connectivity index (χ0) is 11.2. The van der Waals surface area contributed by atoms with Gasteiger partial charge in [0.15, 0.2) is 0 Å². The second-order valence-electron chi connectivity index (χ2n) is 3.75. The summed E-state index contributed by atoms with van der Waals surface area (Å²) >= 11 is 0. The van der Waals surface area contributed by atoms with Crippen molar-refractivity contribution in [1.29, 1.82) is 0 Å². The maximum Gasteiger partial charge on any atom is 0.528 e. The Bertz CT molecular complexity index is 333. The minimum atomic E-state index is -0.620. The van der Waals surface area contributed by atoms with Gasteiger partial charge in [0.1, 0.15) is 6.61 Å². The zero-order valence-electron chi connectivity index (χ0n) is 9.09. The summed E-state index contributed by atoms with van der Waals surface area (Å²) in [5.74, 6) is 0. The second kappa shape index (κ2) is 5.51. The number of benzene rings is 1. The van der Waals surface area contributed by atoms with Gasteiger partial charge in [-0.15, -0.1) is 5.06 Å². The van der Waals surface area contributed by atoms with E-state index in [2.05, 4.69) is 0 Å². The van der Waals surface area contributed by atoms with E-state index in [0.29, 0.717) is 0 Å². The van der Waals surface area contributed by atoms with Gasteiger partial charge in [0.25, 0.3) is 0 Å². The number of hydrogen-bond donors (Lipinski definition) is 0. The molecule has 1 aliphatic rings. The molecule has 1 aliphatic heterocycles. The quantitative estimate of drug-likeness (QED) is 0.734. The average molecular weight is 221 g/mol. The molecule has 4 heteroatoms. The topological polar surface area (TPSA) is 38.8 Å². The summed E-state index contributed by atoms with van der Waals surface area (Å²) in [6.45, 7) is 1.87. The van der Waals surface area contributed by atoms with Crippen LogP contribution < -0.4 is 0 Å². The highest BCUT2D eigenvalue weighted by molar-refractivity contribution is 5.59. The number of rotatable bonds is 3. The van der Waals surface area contributed by atoms with Crippen molar-refractivity contribution in [3.8, 4) is 0 Å². The first-order valence-corrected chi connectivity index (χ1v) is 5.48. The molecule has 16 heavy (non-hydrogen) atoms. The van der Waals surface area contributed by atoms with Crippen LogP contribution in [0, 0.1) is 0 Å². The molecule has 4 nitrogen and oxygen atoms in total. The van der Waals surface area contributed by atoms with Crippen LogP contribution in [-0.4, -0.2) is 24.3 Å². The Labute approximate surface area is 94.7 Å². The normalized spacial score (nSPS) is 16.0. The number of carbonyl (C=O) groups excluding carboxylic acids is 1. The van der Waals surface area contributed by atoms with Gasteiger partial charge < -0.3 is 9.57 Å². The number of ether oxygens (including phenoxy) is 1. The Morgan fingerprint density at radius 3 is 2.56 bits per heavy atom. The van der Waals surface area contributed by atoms with Crippen LogP contribution in [0.15, 0.2) is 30.3 Å². The highest BCUT2D eigenvalue weighted by Crippen LogP contribution is 2.09. The van der Waals surface area contributed by atoms with Crippen LogP contribution in [0.2, 0.25) is 0 Å². The van der Waals surface area contributed by atoms with E-state index in [9.17, 15) is 4.79 Å². The van der Waals surface area contributed by atoms with Crippen molar-refractivity contribution < 1.29 is 14.4 Å². The highest BCUT2D eigenvalue weighted by atomic mass is 16.8. The van der Waals surface area contributed by atoms with Gasteiger partial charge in [-0.25, -0.2) is 4.79 Å². The molecule has 0 N–H and O–H groups in total. The summed E-state index contributed by atoms with van der Waals surface area (Å²) in [5, 5.41) is 1.65. The van der Waals surface area contributed by atoms with Gasteiger partial charge in [0, 0.05) is 13.1 Å². The first-order chi connectivity index (χ1) is 7.84. The van der Waals surface area contributed by atoms with Gasteiger partial charge in [-0.2, -0.15) is 0 Å². The first-order valence-electron chi connectivity index (χ1n) is 5.48. The Kier molecular flexibility index (Phi) is 3.77. The fourth-order valence-corrected chi connectivity index (χ4v) is 1.63. The van der Waals surface area contributed by atoms with E-state index in [1.807, 2.05) is 30.3 Å². The molecule has 1 fully saturated rings. The third-order valence-corrected chi connectivity index (χ3v) is 2.47. The van der Waals surface area contributed by atoms with Crippen LogP contribution in [0.1, 0.15) is 18.4 Å². The number of hydrogen-bond acceptors (Lipinski definition) is 4. The number of hydroxylamine groups is 2. The van der Waals surface area contributed by atoms with Crippen LogP contribution in [-0.2, 0) is 16.2 Å². The monoisotopic (exact) mass is 221 g/mol. The lowest BCUT2D eigenvalue weighted by molar-refractivity contribution is -0.114. The van der Waals surface area contributed by atoms with Crippen molar-refractivity contribution in [2.75, 3.05) is 13.1 Å². The minimum absolute atomic E-state index is 0.257. The van der Waals surface area contributed by atoms with Crippen LogP contribution in [0.5, 0.6) is 0 Å². The highest BCUT2D eigenvalue weighted by Gasteiger charge is 2.17. The third kappa shape index (κ3) is 3.24. The van der Waals surface area contributed by atoms with E-state index < -0.39 is 6.16 Å². The van der Waals surface area contributed by atoms with Crippen molar-refractivity contribution in [2.24, 2.45) is 0 Å². The lowest BCUT2D eigenvalue weighted by Crippen LogP contribution is -2.24. The smallest absolute Gasteiger partial charge is 0.428 e. The summed E-state index contributed by atoms with van der Waals surface area (Å²) in [5.41, 5.74) is 0.959. The van der Waals surface area contributed by atoms with E-state index >= 15 is 0 Å². The Hall–Kier alpha value is -1.55. The van der Waals surface area contributed by atoms with Gasteiger partial charge in [-0.05, 0) is 18.4 Å². The summed E-state index contributed by atoms with van der Waals surface area (Å²) < 4.78 is 4.99. The molecule has 2 rings (SSSR count). The van der Waals surface area contributed by atoms with Crippen molar-refractivity contribution in [3.05, 3.63) is 35.9 Å². The summed E-state index contributed by atoms with van der Waals surface area (Å²) in [4.78, 5) is 16.3. The van der Waals surface area contributed by atoms with Gasteiger partial charge in [-0.1, -0.05) is 30.3 Å². The standard InChI is InChI=1S/C12H15NO3/c14-12(16-13-8-4-5-9-13)15-10-11-6-2-1-3-7-11/h1-3,6-7H,4-5,8-10H2. The Morgan fingerprint density at radius 1 is 1.19 bits per heavy atom. The molecule has 0 unspecified atom stereocenters. The molecule has 0 spiro atoms. The molecule has 1 heterocycles. The van der Waals surface area contributed by atoms with Gasteiger partial charge in [0.2, 0.25) is 0 Å². The molecule has 0 aromatic heterocycles. The molecule has 1 saturated heterocycles. The molecule has 0 aliphatic carbocycles. The summed E-state index contributed by atoms with van der Waals surface area (Å²) in [6.07, 6.45) is 1.53. The SMILES string of the molecule is O=C(OCc1ccccc1)ON1CCCC1. The second-order valence-corrected chi connectivity index (χ2v) is 3.75. The molecule has 86 valence electrons. The van der Waals surface area contributed by atoms with Gasteiger partial charge in [-0.3, -0.25) is 0 Å². The first kappa shape index (κ1) is 11.0. The third-order valence-electron chi connectivity index (χ3n) is 2.47. The molecule has 1 aromatic carbocycles. The van der Waals surface area contributed by atoms with E-state index in [4.69, 9.17) is 9.57 Å². The molecular weight excluding hydrogens is 206 g/mol. The summed E-state index contributed by atoms with van der Waals surface area (Å²) in [7, 11) is 0. The fraction of sp³-hybridized carbons (Fsp3) is 0.417. The minimum Gasteiger partial charge on any atom is -0.428 e. The van der Waals surface area contributed by atoms with E-state index in [0.717, 1.165) is 31.5 Å². The summed E-state index contributed by atoms with van der Waals surface area (Å²) in [6, 6.07) is 9.55. The molecule has 0 atom stereocenters. The largest absolute Gasteiger partial charge is 0.528 e. The molecular formula is C12H15NO3. The Balaban J connectivity index is 1.71. The molecule has 0 amide bonds. The van der Waals surface area contributed by atoms with Crippen molar-refractivity contribution in [2.45, 2.75) is 19.4 Å². The molecule has 0 bridgehead atoms. The van der Waals surface area contributed by atoms with Gasteiger partial charge in [0.05, 0.1) is 0 Å². The van der Waals surface area contributed by atoms with Crippen LogP contribution in [0.3, 0.4) is 0 Å². The zero-order valence-corrected chi connectivity index (χ0v) is 9.09. The predicted molar refractivity (Wildman–Crippen MR) is 58.5 cm³/mol.